The Morgan fingerprint density at radius 1 is 1.47 bits per heavy atom. The largest absolute Gasteiger partial charge is 0.490 e. The van der Waals surface area contributed by atoms with Crippen molar-refractivity contribution in [3.63, 3.8) is 0 Å². The molecule has 0 fully saturated rings. The zero-order valence-electron chi connectivity index (χ0n) is 9.06. The molecule has 0 radical (unpaired) electrons. The molecule has 3 heteroatoms. The van der Waals surface area contributed by atoms with E-state index in [1.54, 1.807) is 24.3 Å². The monoisotopic (exact) mass is 208 g/mol. The molecule has 0 saturated carbocycles. The molecule has 82 valence electrons. The van der Waals surface area contributed by atoms with Gasteiger partial charge in [0, 0.05) is 0 Å². The molecule has 0 aliphatic rings. The third kappa shape index (κ3) is 3.27. The highest BCUT2D eigenvalue weighted by molar-refractivity contribution is 5.90. The maximum Gasteiger partial charge on any atom is 0.339 e. The Hall–Kier alpha value is -1.51. The lowest BCUT2D eigenvalue weighted by Gasteiger charge is -2.15. The first kappa shape index (κ1) is 11.6. The molecule has 0 aromatic heterocycles. The summed E-state index contributed by atoms with van der Waals surface area (Å²) >= 11 is 0. The first-order valence-electron chi connectivity index (χ1n) is 5.14. The summed E-state index contributed by atoms with van der Waals surface area (Å²) in [4.78, 5) is 10.9. The third-order valence-electron chi connectivity index (χ3n) is 2.14. The van der Waals surface area contributed by atoms with E-state index in [-0.39, 0.29) is 11.7 Å². The summed E-state index contributed by atoms with van der Waals surface area (Å²) in [6.07, 6.45) is 2.00. The maximum atomic E-state index is 10.9. The first-order valence-corrected chi connectivity index (χ1v) is 5.14. The van der Waals surface area contributed by atoms with Crippen molar-refractivity contribution in [2.24, 2.45) is 0 Å². The van der Waals surface area contributed by atoms with E-state index in [1.165, 1.54) is 0 Å². The molecule has 1 unspecified atom stereocenters. The molecule has 0 spiro atoms. The molecule has 15 heavy (non-hydrogen) atoms. The van der Waals surface area contributed by atoms with Crippen LogP contribution in [-0.2, 0) is 0 Å². The van der Waals surface area contributed by atoms with Gasteiger partial charge in [-0.15, -0.1) is 0 Å². The summed E-state index contributed by atoms with van der Waals surface area (Å²) < 4.78 is 5.57. The van der Waals surface area contributed by atoms with E-state index in [4.69, 9.17) is 9.84 Å². The lowest BCUT2D eigenvalue weighted by Crippen LogP contribution is -2.13. The number of rotatable bonds is 5. The normalized spacial score (nSPS) is 12.1. The van der Waals surface area contributed by atoms with Gasteiger partial charge in [0.2, 0.25) is 0 Å². The van der Waals surface area contributed by atoms with Gasteiger partial charge in [0.15, 0.2) is 0 Å². The average molecular weight is 208 g/mol. The van der Waals surface area contributed by atoms with Gasteiger partial charge in [-0.1, -0.05) is 25.5 Å². The van der Waals surface area contributed by atoms with Crippen LogP contribution < -0.4 is 4.74 Å². The fourth-order valence-electron chi connectivity index (χ4n) is 1.43. The van der Waals surface area contributed by atoms with Crippen molar-refractivity contribution in [2.75, 3.05) is 0 Å². The summed E-state index contributed by atoms with van der Waals surface area (Å²) in [7, 11) is 0. The topological polar surface area (TPSA) is 46.5 Å². The third-order valence-corrected chi connectivity index (χ3v) is 2.14. The van der Waals surface area contributed by atoms with E-state index in [2.05, 4.69) is 6.92 Å². The Kier molecular flexibility index (Phi) is 4.16. The Balaban J connectivity index is 2.79. The highest BCUT2D eigenvalue weighted by Crippen LogP contribution is 2.20. The molecule has 0 saturated heterocycles. The van der Waals surface area contributed by atoms with Crippen molar-refractivity contribution in [1.82, 2.24) is 0 Å². The minimum atomic E-state index is -0.950. The van der Waals surface area contributed by atoms with Crippen LogP contribution in [0.1, 0.15) is 37.0 Å². The van der Waals surface area contributed by atoms with Crippen molar-refractivity contribution in [2.45, 2.75) is 32.8 Å². The molecular weight excluding hydrogens is 192 g/mol. The van der Waals surface area contributed by atoms with Crippen LogP contribution >= 0.6 is 0 Å². The summed E-state index contributed by atoms with van der Waals surface area (Å²) in [5.74, 6) is -0.500. The second kappa shape index (κ2) is 5.39. The second-order valence-corrected chi connectivity index (χ2v) is 3.52. The minimum Gasteiger partial charge on any atom is -0.490 e. The predicted molar refractivity (Wildman–Crippen MR) is 58.4 cm³/mol. The van der Waals surface area contributed by atoms with Gasteiger partial charge < -0.3 is 9.84 Å². The lowest BCUT2D eigenvalue weighted by atomic mass is 10.2. The molecule has 0 aliphatic carbocycles. The molecule has 0 aliphatic heterocycles. The highest BCUT2D eigenvalue weighted by Gasteiger charge is 2.12. The average Bonchev–Trinajstić information content (AvgIpc) is 2.18. The zero-order valence-corrected chi connectivity index (χ0v) is 9.06. The van der Waals surface area contributed by atoms with Gasteiger partial charge in [-0.3, -0.25) is 0 Å². The molecule has 0 amide bonds. The van der Waals surface area contributed by atoms with Crippen LogP contribution in [0.15, 0.2) is 24.3 Å². The summed E-state index contributed by atoms with van der Waals surface area (Å²) in [5, 5.41) is 8.93. The summed E-state index contributed by atoms with van der Waals surface area (Å²) in [6, 6.07) is 6.72. The number of aromatic carboxylic acids is 1. The van der Waals surface area contributed by atoms with Crippen molar-refractivity contribution in [3.05, 3.63) is 29.8 Å². The highest BCUT2D eigenvalue weighted by atomic mass is 16.5. The van der Waals surface area contributed by atoms with Crippen molar-refractivity contribution in [3.8, 4) is 5.75 Å². The molecule has 0 heterocycles. The number of hydrogen-bond donors (Lipinski definition) is 1. The van der Waals surface area contributed by atoms with Crippen LogP contribution in [0.2, 0.25) is 0 Å². The first-order chi connectivity index (χ1) is 7.15. The van der Waals surface area contributed by atoms with Gasteiger partial charge in [-0.2, -0.15) is 0 Å². The maximum absolute atomic E-state index is 10.9. The standard InChI is InChI=1S/C12H16O3/c1-3-6-9(2)15-11-8-5-4-7-10(11)12(13)14/h4-5,7-9H,3,6H2,1-2H3,(H,13,14). The number of hydrogen-bond acceptors (Lipinski definition) is 2. The molecule has 1 N–H and O–H groups in total. The van der Waals surface area contributed by atoms with Crippen LogP contribution in [0, 0.1) is 0 Å². The fourth-order valence-corrected chi connectivity index (χ4v) is 1.43. The van der Waals surface area contributed by atoms with Gasteiger partial charge in [-0.25, -0.2) is 4.79 Å². The minimum absolute atomic E-state index is 0.0514. The molecule has 0 bridgehead atoms. The quantitative estimate of drug-likeness (QED) is 0.809. The molecular formula is C12H16O3. The van der Waals surface area contributed by atoms with E-state index >= 15 is 0 Å². The Bertz CT molecular complexity index is 333. The molecule has 1 aromatic carbocycles. The Morgan fingerprint density at radius 2 is 2.13 bits per heavy atom. The van der Waals surface area contributed by atoms with Crippen molar-refractivity contribution < 1.29 is 14.6 Å². The van der Waals surface area contributed by atoms with Crippen molar-refractivity contribution >= 4 is 5.97 Å². The van der Waals surface area contributed by atoms with E-state index < -0.39 is 5.97 Å². The zero-order chi connectivity index (χ0) is 11.3. The fraction of sp³-hybridized carbons (Fsp3) is 0.417. The van der Waals surface area contributed by atoms with Crippen LogP contribution in [0.25, 0.3) is 0 Å². The van der Waals surface area contributed by atoms with Gasteiger partial charge in [-0.05, 0) is 25.5 Å². The van der Waals surface area contributed by atoms with Gasteiger partial charge >= 0.3 is 5.97 Å². The van der Waals surface area contributed by atoms with E-state index in [0.29, 0.717) is 5.75 Å². The van der Waals surface area contributed by atoms with Crippen LogP contribution in [-0.4, -0.2) is 17.2 Å². The summed E-state index contributed by atoms with van der Waals surface area (Å²) in [6.45, 7) is 4.02. The van der Waals surface area contributed by atoms with Crippen LogP contribution in [0.4, 0.5) is 0 Å². The Morgan fingerprint density at radius 3 is 2.73 bits per heavy atom. The van der Waals surface area contributed by atoms with Gasteiger partial charge in [0.25, 0.3) is 0 Å². The van der Waals surface area contributed by atoms with Crippen LogP contribution in [0.3, 0.4) is 0 Å². The number of carboxylic acid groups (broad SMARTS) is 1. The predicted octanol–water partition coefficient (Wildman–Crippen LogP) is 2.95. The summed E-state index contributed by atoms with van der Waals surface area (Å²) in [5.41, 5.74) is 0.223. The van der Waals surface area contributed by atoms with Gasteiger partial charge in [0.1, 0.15) is 11.3 Å². The van der Waals surface area contributed by atoms with E-state index in [1.807, 2.05) is 6.92 Å². The number of para-hydroxylation sites is 1. The number of ether oxygens (including phenoxy) is 1. The molecule has 1 aromatic rings. The molecule has 3 nitrogen and oxygen atoms in total. The van der Waals surface area contributed by atoms with Crippen LogP contribution in [0.5, 0.6) is 5.75 Å². The number of carboxylic acids is 1. The molecule has 1 rings (SSSR count). The lowest BCUT2D eigenvalue weighted by molar-refractivity contribution is 0.0689. The number of benzene rings is 1. The Labute approximate surface area is 89.7 Å². The van der Waals surface area contributed by atoms with E-state index in [0.717, 1.165) is 12.8 Å². The van der Waals surface area contributed by atoms with Gasteiger partial charge in [0.05, 0.1) is 6.10 Å². The number of carbonyl (C=O) groups is 1. The smallest absolute Gasteiger partial charge is 0.339 e. The molecule has 1 atom stereocenters. The second-order valence-electron chi connectivity index (χ2n) is 3.52. The van der Waals surface area contributed by atoms with E-state index in [9.17, 15) is 4.79 Å². The van der Waals surface area contributed by atoms with Crippen molar-refractivity contribution in [1.29, 1.82) is 0 Å². The SMILES string of the molecule is CCCC(C)Oc1ccccc1C(=O)O.